The highest BCUT2D eigenvalue weighted by atomic mass is 16.5. The van der Waals surface area contributed by atoms with Crippen molar-refractivity contribution in [3.8, 4) is 0 Å². The van der Waals surface area contributed by atoms with E-state index in [1.54, 1.807) is 26.2 Å². The second-order valence-electron chi connectivity index (χ2n) is 4.34. The zero-order chi connectivity index (χ0) is 14.8. The Morgan fingerprint density at radius 2 is 1.84 bits per heavy atom. The minimum Gasteiger partial charge on any atom is -0.481 e. The van der Waals surface area contributed by atoms with Crippen LogP contribution < -0.4 is 0 Å². The summed E-state index contributed by atoms with van der Waals surface area (Å²) in [5.74, 6) is -0.923. The smallest absolute Gasteiger partial charge is 0.320 e. The number of rotatable bonds is 9. The minimum atomic E-state index is -0.923. The molecule has 7 heteroatoms. The lowest BCUT2D eigenvalue weighted by Crippen LogP contribution is -2.49. The fourth-order valence-electron chi connectivity index (χ4n) is 1.60. The van der Waals surface area contributed by atoms with Crippen molar-refractivity contribution in [3.05, 3.63) is 0 Å². The maximum atomic E-state index is 12.2. The topological polar surface area (TPSA) is 79.3 Å². The first-order valence-electron chi connectivity index (χ1n) is 6.15. The molecule has 0 fully saturated rings. The molecule has 0 aliphatic rings. The van der Waals surface area contributed by atoms with Crippen LogP contribution in [0.4, 0.5) is 4.79 Å². The van der Waals surface area contributed by atoms with E-state index in [2.05, 4.69) is 0 Å². The van der Waals surface area contributed by atoms with Crippen molar-refractivity contribution in [1.82, 2.24) is 9.80 Å². The number of carbonyl (C=O) groups excluding carboxylic acids is 1. The van der Waals surface area contributed by atoms with Crippen LogP contribution in [-0.2, 0) is 14.3 Å². The van der Waals surface area contributed by atoms with Crippen molar-refractivity contribution < 1.29 is 24.2 Å². The molecule has 1 unspecified atom stereocenters. The Balaban J connectivity index is 4.54. The Morgan fingerprint density at radius 1 is 1.21 bits per heavy atom. The molecule has 0 aromatic carbocycles. The van der Waals surface area contributed by atoms with Crippen molar-refractivity contribution >= 4 is 12.0 Å². The molecule has 0 spiro atoms. The van der Waals surface area contributed by atoms with Gasteiger partial charge in [0.25, 0.3) is 0 Å². The van der Waals surface area contributed by atoms with Gasteiger partial charge in [0.15, 0.2) is 0 Å². The summed E-state index contributed by atoms with van der Waals surface area (Å²) in [6.45, 7) is 3.34. The van der Waals surface area contributed by atoms with Crippen LogP contribution in [0.1, 0.15) is 13.3 Å². The third kappa shape index (κ3) is 6.97. The standard InChI is InChI=1S/C12H24N2O5/c1-10(9-19-4)14(7-8-18-3)12(17)13(2)6-5-11(15)16/h10H,5-9H2,1-4H3,(H,15,16). The first-order valence-corrected chi connectivity index (χ1v) is 6.15. The largest absolute Gasteiger partial charge is 0.481 e. The van der Waals surface area contributed by atoms with Gasteiger partial charge in [-0.25, -0.2) is 4.79 Å². The number of urea groups is 1. The van der Waals surface area contributed by atoms with Gasteiger partial charge in [-0.3, -0.25) is 4.79 Å². The van der Waals surface area contributed by atoms with Gasteiger partial charge in [0.05, 0.1) is 25.7 Å². The number of carboxylic acids is 1. The SMILES string of the molecule is COCCN(C(=O)N(C)CCC(=O)O)C(C)COC. The predicted molar refractivity (Wildman–Crippen MR) is 70.2 cm³/mol. The highest BCUT2D eigenvalue weighted by Crippen LogP contribution is 2.05. The van der Waals surface area contributed by atoms with E-state index < -0.39 is 5.97 Å². The van der Waals surface area contributed by atoms with Crippen LogP contribution in [0.3, 0.4) is 0 Å². The quantitative estimate of drug-likeness (QED) is 0.663. The van der Waals surface area contributed by atoms with E-state index in [0.717, 1.165) is 0 Å². The average molecular weight is 276 g/mol. The summed E-state index contributed by atoms with van der Waals surface area (Å²) in [7, 11) is 4.73. The zero-order valence-electron chi connectivity index (χ0n) is 12.1. The van der Waals surface area contributed by atoms with Crippen LogP contribution in [0, 0.1) is 0 Å². The molecule has 0 aliphatic heterocycles. The Morgan fingerprint density at radius 3 is 2.32 bits per heavy atom. The van der Waals surface area contributed by atoms with Crippen LogP contribution >= 0.6 is 0 Å². The van der Waals surface area contributed by atoms with Crippen molar-refractivity contribution in [2.24, 2.45) is 0 Å². The van der Waals surface area contributed by atoms with Gasteiger partial charge in [-0.1, -0.05) is 0 Å². The predicted octanol–water partition coefficient (Wildman–Crippen LogP) is 0.496. The van der Waals surface area contributed by atoms with E-state index in [9.17, 15) is 9.59 Å². The highest BCUT2D eigenvalue weighted by Gasteiger charge is 2.23. The maximum Gasteiger partial charge on any atom is 0.320 e. The highest BCUT2D eigenvalue weighted by molar-refractivity contribution is 5.75. The summed E-state index contributed by atoms with van der Waals surface area (Å²) in [4.78, 5) is 25.8. The minimum absolute atomic E-state index is 0.0704. The Kier molecular flexibility index (Phi) is 8.90. The molecule has 7 nitrogen and oxygen atoms in total. The summed E-state index contributed by atoms with van der Waals surface area (Å²) < 4.78 is 10.0. The zero-order valence-corrected chi connectivity index (χ0v) is 12.1. The second kappa shape index (κ2) is 9.57. The van der Waals surface area contributed by atoms with Gasteiger partial charge in [0.1, 0.15) is 0 Å². The number of carbonyl (C=O) groups is 2. The Labute approximate surface area is 114 Å². The number of ether oxygens (including phenoxy) is 2. The van der Waals surface area contributed by atoms with E-state index in [4.69, 9.17) is 14.6 Å². The molecule has 0 aromatic rings. The van der Waals surface area contributed by atoms with Gasteiger partial charge in [-0.15, -0.1) is 0 Å². The molecule has 0 bridgehead atoms. The number of amides is 2. The normalized spacial score (nSPS) is 12.0. The maximum absolute atomic E-state index is 12.2. The summed E-state index contributed by atoms with van der Waals surface area (Å²) in [5, 5.41) is 8.63. The van der Waals surface area contributed by atoms with Crippen molar-refractivity contribution in [3.63, 3.8) is 0 Å². The van der Waals surface area contributed by atoms with Crippen molar-refractivity contribution in [2.45, 2.75) is 19.4 Å². The van der Waals surface area contributed by atoms with Gasteiger partial charge in [-0.2, -0.15) is 0 Å². The van der Waals surface area contributed by atoms with Crippen molar-refractivity contribution in [1.29, 1.82) is 0 Å². The summed E-state index contributed by atoms with van der Waals surface area (Å²) in [6, 6.07) is -0.317. The van der Waals surface area contributed by atoms with E-state index in [1.807, 2.05) is 6.92 Å². The Bertz CT molecular complexity index is 285. The molecule has 0 rings (SSSR count). The number of aliphatic carboxylic acids is 1. The van der Waals surface area contributed by atoms with Gasteiger partial charge in [0.2, 0.25) is 0 Å². The molecule has 1 N–H and O–H groups in total. The molecule has 0 aliphatic carbocycles. The summed E-state index contributed by atoms with van der Waals surface area (Å²) in [6.07, 6.45) is -0.0704. The molecule has 0 aromatic heterocycles. The van der Waals surface area contributed by atoms with E-state index in [-0.39, 0.29) is 25.0 Å². The molecule has 2 amide bonds. The molecule has 0 heterocycles. The number of hydrogen-bond acceptors (Lipinski definition) is 4. The van der Waals surface area contributed by atoms with Crippen LogP contribution in [-0.4, -0.2) is 80.5 Å². The van der Waals surface area contributed by atoms with Crippen LogP contribution in [0.15, 0.2) is 0 Å². The fraction of sp³-hybridized carbons (Fsp3) is 0.833. The number of carboxylic acid groups (broad SMARTS) is 1. The van der Waals surface area contributed by atoms with Gasteiger partial charge < -0.3 is 24.4 Å². The molecular formula is C12H24N2O5. The first kappa shape index (κ1) is 17.7. The third-order valence-electron chi connectivity index (χ3n) is 2.71. The van der Waals surface area contributed by atoms with E-state index in [1.165, 1.54) is 4.90 Å². The number of hydrogen-bond donors (Lipinski definition) is 1. The van der Waals surface area contributed by atoms with Crippen molar-refractivity contribution in [2.75, 3.05) is 47.6 Å². The Hall–Kier alpha value is -1.34. The molecule has 112 valence electrons. The molecular weight excluding hydrogens is 252 g/mol. The fourth-order valence-corrected chi connectivity index (χ4v) is 1.60. The van der Waals surface area contributed by atoms with E-state index >= 15 is 0 Å². The van der Waals surface area contributed by atoms with Gasteiger partial charge in [-0.05, 0) is 6.92 Å². The lowest BCUT2D eigenvalue weighted by atomic mass is 10.3. The van der Waals surface area contributed by atoms with Gasteiger partial charge in [0, 0.05) is 34.4 Å². The molecule has 19 heavy (non-hydrogen) atoms. The molecule has 1 atom stereocenters. The van der Waals surface area contributed by atoms with E-state index in [0.29, 0.717) is 19.8 Å². The lowest BCUT2D eigenvalue weighted by molar-refractivity contribution is -0.137. The summed E-state index contributed by atoms with van der Waals surface area (Å²) in [5.41, 5.74) is 0. The second-order valence-corrected chi connectivity index (χ2v) is 4.34. The monoisotopic (exact) mass is 276 g/mol. The summed E-state index contributed by atoms with van der Waals surface area (Å²) >= 11 is 0. The number of nitrogens with zero attached hydrogens (tertiary/aromatic N) is 2. The number of methoxy groups -OCH3 is 2. The van der Waals surface area contributed by atoms with Crippen LogP contribution in [0.25, 0.3) is 0 Å². The molecule has 0 saturated heterocycles. The van der Waals surface area contributed by atoms with Crippen LogP contribution in [0.2, 0.25) is 0 Å². The average Bonchev–Trinajstić information content (AvgIpc) is 2.36. The molecule has 0 saturated carbocycles. The lowest BCUT2D eigenvalue weighted by Gasteiger charge is -2.32. The first-order chi connectivity index (χ1) is 8.93. The molecule has 0 radical (unpaired) electrons. The van der Waals surface area contributed by atoms with Gasteiger partial charge >= 0.3 is 12.0 Å². The van der Waals surface area contributed by atoms with Crippen LogP contribution in [0.5, 0.6) is 0 Å². The third-order valence-corrected chi connectivity index (χ3v) is 2.71.